The van der Waals surface area contributed by atoms with E-state index in [1.165, 1.54) is 0 Å². The first-order valence-corrected chi connectivity index (χ1v) is 7.43. The third-order valence-corrected chi connectivity index (χ3v) is 4.06. The van der Waals surface area contributed by atoms with Gasteiger partial charge in [0.05, 0.1) is 11.9 Å². The Kier molecular flexibility index (Phi) is 3.42. The highest BCUT2D eigenvalue weighted by atomic mass is 32.1. The van der Waals surface area contributed by atoms with E-state index < -0.39 is 0 Å². The minimum atomic E-state index is -0.270. The maximum Gasteiger partial charge on any atom is 0.348 e. The van der Waals surface area contributed by atoms with Crippen LogP contribution in [-0.2, 0) is 6.54 Å². The number of nitrogens with one attached hydrogen (secondary N) is 1. The molecule has 0 saturated carbocycles. The van der Waals surface area contributed by atoms with Gasteiger partial charge in [-0.2, -0.15) is 4.98 Å². The normalized spacial score (nSPS) is 11.0. The van der Waals surface area contributed by atoms with Gasteiger partial charge in [-0.1, -0.05) is 0 Å². The van der Waals surface area contributed by atoms with Crippen LogP contribution >= 0.6 is 11.3 Å². The number of hydrogen-bond acceptors (Lipinski definition) is 6. The molecule has 0 bridgehead atoms. The number of aryl methyl sites for hydroxylation is 2. The molecule has 7 heteroatoms. The summed E-state index contributed by atoms with van der Waals surface area (Å²) in [4.78, 5) is 25.9. The molecule has 0 aliphatic rings. The molecule has 0 aromatic carbocycles. The average molecular weight is 301 g/mol. The first kappa shape index (κ1) is 13.7. The SMILES string of the molecule is CNc1nc(Cn2c(C)cc(C)nc2=O)nc2sccc12. The van der Waals surface area contributed by atoms with Crippen molar-refractivity contribution in [3.8, 4) is 0 Å². The van der Waals surface area contributed by atoms with E-state index >= 15 is 0 Å². The Balaban J connectivity index is 2.08. The van der Waals surface area contributed by atoms with Crippen molar-refractivity contribution in [2.45, 2.75) is 20.4 Å². The van der Waals surface area contributed by atoms with Gasteiger partial charge in [-0.15, -0.1) is 11.3 Å². The van der Waals surface area contributed by atoms with Crippen molar-refractivity contribution < 1.29 is 0 Å². The van der Waals surface area contributed by atoms with Crippen molar-refractivity contribution in [3.05, 3.63) is 45.2 Å². The molecule has 0 radical (unpaired) electrons. The summed E-state index contributed by atoms with van der Waals surface area (Å²) in [6.45, 7) is 4.02. The van der Waals surface area contributed by atoms with E-state index in [0.29, 0.717) is 12.4 Å². The molecule has 0 saturated heterocycles. The lowest BCUT2D eigenvalue weighted by Crippen LogP contribution is -2.26. The van der Waals surface area contributed by atoms with Crippen molar-refractivity contribution in [1.29, 1.82) is 0 Å². The van der Waals surface area contributed by atoms with Crippen LogP contribution in [0, 0.1) is 13.8 Å². The molecule has 0 amide bonds. The van der Waals surface area contributed by atoms with Gasteiger partial charge in [-0.25, -0.2) is 14.8 Å². The number of fused-ring (bicyclic) bond motifs is 1. The summed E-state index contributed by atoms with van der Waals surface area (Å²) in [6, 6.07) is 3.87. The maximum absolute atomic E-state index is 12.0. The highest BCUT2D eigenvalue weighted by molar-refractivity contribution is 7.16. The van der Waals surface area contributed by atoms with Gasteiger partial charge in [0.2, 0.25) is 0 Å². The first-order chi connectivity index (χ1) is 10.1. The highest BCUT2D eigenvalue weighted by Gasteiger charge is 2.10. The summed E-state index contributed by atoms with van der Waals surface area (Å²) in [5.74, 6) is 1.38. The molecular formula is C14H15N5OS. The van der Waals surface area contributed by atoms with Crippen LogP contribution in [0.4, 0.5) is 5.82 Å². The number of rotatable bonds is 3. The van der Waals surface area contributed by atoms with Crippen LogP contribution in [0.15, 0.2) is 22.3 Å². The van der Waals surface area contributed by atoms with Gasteiger partial charge in [0, 0.05) is 18.4 Å². The van der Waals surface area contributed by atoms with Gasteiger partial charge in [-0.05, 0) is 31.4 Å². The third-order valence-electron chi connectivity index (χ3n) is 3.25. The van der Waals surface area contributed by atoms with Gasteiger partial charge in [0.15, 0.2) is 5.82 Å². The first-order valence-electron chi connectivity index (χ1n) is 6.55. The lowest BCUT2D eigenvalue weighted by atomic mass is 10.3. The molecule has 3 rings (SSSR count). The predicted octanol–water partition coefficient (Wildman–Crippen LogP) is 1.95. The second-order valence-electron chi connectivity index (χ2n) is 4.79. The van der Waals surface area contributed by atoms with E-state index in [0.717, 1.165) is 27.4 Å². The molecule has 3 aromatic rings. The predicted molar refractivity (Wildman–Crippen MR) is 84.0 cm³/mol. The summed E-state index contributed by atoms with van der Waals surface area (Å²) in [5.41, 5.74) is 1.31. The highest BCUT2D eigenvalue weighted by Crippen LogP contribution is 2.24. The lowest BCUT2D eigenvalue weighted by Gasteiger charge is -2.10. The topological polar surface area (TPSA) is 72.7 Å². The fraction of sp³-hybridized carbons (Fsp3) is 0.286. The molecular weight excluding hydrogens is 286 g/mol. The number of hydrogen-bond donors (Lipinski definition) is 1. The van der Waals surface area contributed by atoms with Crippen LogP contribution in [0.5, 0.6) is 0 Å². The lowest BCUT2D eigenvalue weighted by molar-refractivity contribution is 0.667. The monoisotopic (exact) mass is 301 g/mol. The average Bonchev–Trinajstić information content (AvgIpc) is 2.90. The quantitative estimate of drug-likeness (QED) is 0.800. The zero-order chi connectivity index (χ0) is 15.0. The summed E-state index contributed by atoms with van der Waals surface area (Å²) < 4.78 is 1.58. The Morgan fingerprint density at radius 1 is 1.29 bits per heavy atom. The van der Waals surface area contributed by atoms with Crippen molar-refractivity contribution in [1.82, 2.24) is 19.5 Å². The van der Waals surface area contributed by atoms with Gasteiger partial charge in [0.1, 0.15) is 10.6 Å². The van der Waals surface area contributed by atoms with E-state index in [1.54, 1.807) is 15.9 Å². The molecule has 0 atom stereocenters. The second kappa shape index (κ2) is 5.25. The molecule has 0 aliphatic carbocycles. The standard InChI is InChI=1S/C14H15N5OS/c1-8-6-9(2)19(14(20)16-8)7-11-17-12(15-3)10-4-5-21-13(10)18-11/h4-6H,7H2,1-3H3,(H,15,17,18). The number of aromatic nitrogens is 4. The van der Waals surface area contributed by atoms with Crippen LogP contribution in [0.2, 0.25) is 0 Å². The van der Waals surface area contributed by atoms with Gasteiger partial charge >= 0.3 is 5.69 Å². The Hall–Kier alpha value is -2.28. The molecule has 3 aromatic heterocycles. The molecule has 3 heterocycles. The fourth-order valence-corrected chi connectivity index (χ4v) is 3.05. The number of nitrogens with zero attached hydrogens (tertiary/aromatic N) is 4. The van der Waals surface area contributed by atoms with Gasteiger partial charge < -0.3 is 5.32 Å². The molecule has 6 nitrogen and oxygen atoms in total. The van der Waals surface area contributed by atoms with Gasteiger partial charge in [-0.3, -0.25) is 4.57 Å². The van der Waals surface area contributed by atoms with Gasteiger partial charge in [0.25, 0.3) is 0 Å². The van der Waals surface area contributed by atoms with E-state index in [4.69, 9.17) is 0 Å². The number of thiophene rings is 1. The Bertz CT molecular complexity index is 867. The Morgan fingerprint density at radius 3 is 2.81 bits per heavy atom. The van der Waals surface area contributed by atoms with Crippen molar-refractivity contribution in [3.63, 3.8) is 0 Å². The zero-order valence-electron chi connectivity index (χ0n) is 12.0. The zero-order valence-corrected chi connectivity index (χ0v) is 12.9. The molecule has 0 aliphatic heterocycles. The van der Waals surface area contributed by atoms with E-state index in [2.05, 4.69) is 20.3 Å². The van der Waals surface area contributed by atoms with E-state index in [9.17, 15) is 4.79 Å². The van der Waals surface area contributed by atoms with Crippen molar-refractivity contribution in [2.24, 2.45) is 0 Å². The largest absolute Gasteiger partial charge is 0.372 e. The molecule has 0 spiro atoms. The summed E-state index contributed by atoms with van der Waals surface area (Å²) in [6.07, 6.45) is 0. The number of anilines is 1. The summed E-state index contributed by atoms with van der Waals surface area (Å²) >= 11 is 1.56. The maximum atomic E-state index is 12.0. The van der Waals surface area contributed by atoms with Crippen molar-refractivity contribution in [2.75, 3.05) is 12.4 Å². The molecule has 0 unspecified atom stereocenters. The Labute approximate surface area is 125 Å². The molecule has 108 valence electrons. The van der Waals surface area contributed by atoms with E-state index in [-0.39, 0.29) is 5.69 Å². The van der Waals surface area contributed by atoms with Crippen molar-refractivity contribution >= 4 is 27.4 Å². The minimum Gasteiger partial charge on any atom is -0.372 e. The Morgan fingerprint density at radius 2 is 2.10 bits per heavy atom. The van der Waals surface area contributed by atoms with Crippen LogP contribution in [0.3, 0.4) is 0 Å². The van der Waals surface area contributed by atoms with Crippen LogP contribution < -0.4 is 11.0 Å². The van der Waals surface area contributed by atoms with Crippen LogP contribution in [0.25, 0.3) is 10.2 Å². The molecule has 0 fully saturated rings. The van der Waals surface area contributed by atoms with Crippen LogP contribution in [0.1, 0.15) is 17.2 Å². The summed E-state index contributed by atoms with van der Waals surface area (Å²) in [7, 11) is 1.83. The smallest absolute Gasteiger partial charge is 0.348 e. The second-order valence-corrected chi connectivity index (χ2v) is 5.68. The minimum absolute atomic E-state index is 0.270. The van der Waals surface area contributed by atoms with E-state index in [1.807, 2.05) is 38.4 Å². The van der Waals surface area contributed by atoms with Crippen LogP contribution in [-0.4, -0.2) is 26.6 Å². The third kappa shape index (κ3) is 2.52. The molecule has 1 N–H and O–H groups in total. The summed E-state index contributed by atoms with van der Waals surface area (Å²) in [5, 5.41) is 6.05. The fourth-order valence-electron chi connectivity index (χ4n) is 2.27. The molecule has 21 heavy (non-hydrogen) atoms.